The summed E-state index contributed by atoms with van der Waals surface area (Å²) < 4.78 is 2.66. The molecule has 96 valence electrons. The van der Waals surface area contributed by atoms with Crippen LogP contribution in [0.5, 0.6) is 0 Å². The summed E-state index contributed by atoms with van der Waals surface area (Å²) in [5.41, 5.74) is 2.60. The van der Waals surface area contributed by atoms with Crippen molar-refractivity contribution >= 4 is 18.2 Å². The molecule has 18 heavy (non-hydrogen) atoms. The molecule has 1 aromatic carbocycles. The summed E-state index contributed by atoms with van der Waals surface area (Å²) in [6.45, 7) is 5.84. The van der Waals surface area contributed by atoms with Crippen LogP contribution in [0.25, 0.3) is 0 Å². The third kappa shape index (κ3) is 2.46. The van der Waals surface area contributed by atoms with E-state index in [0.717, 1.165) is 19.0 Å². The summed E-state index contributed by atoms with van der Waals surface area (Å²) in [6.07, 6.45) is 0. The molecule has 0 amide bonds. The van der Waals surface area contributed by atoms with E-state index in [-0.39, 0.29) is 0 Å². The molecule has 0 unspecified atom stereocenters. The fourth-order valence-electron chi connectivity index (χ4n) is 2.00. The first-order valence-electron chi connectivity index (χ1n) is 6.04. The first kappa shape index (κ1) is 12.8. The average Bonchev–Trinajstić information content (AvgIpc) is 2.73. The molecule has 1 aromatic heterocycles. The Morgan fingerprint density at radius 2 is 2.11 bits per heavy atom. The van der Waals surface area contributed by atoms with Crippen molar-refractivity contribution in [2.45, 2.75) is 26.9 Å². The SMILES string of the molecule is CCn1c(N(C)Cc2ccccc2C)n[nH]c1=S. The minimum absolute atomic E-state index is 0.670. The van der Waals surface area contributed by atoms with Crippen LogP contribution in [0.3, 0.4) is 0 Å². The van der Waals surface area contributed by atoms with E-state index in [4.69, 9.17) is 12.2 Å². The number of aromatic nitrogens is 3. The lowest BCUT2D eigenvalue weighted by Crippen LogP contribution is -2.21. The minimum atomic E-state index is 0.670. The predicted molar refractivity (Wildman–Crippen MR) is 76.4 cm³/mol. The zero-order chi connectivity index (χ0) is 13.1. The second-order valence-corrected chi connectivity index (χ2v) is 4.74. The second kappa shape index (κ2) is 5.35. The standard InChI is InChI=1S/C13H18N4S/c1-4-17-12(14-15-13(17)18)16(3)9-11-8-6-5-7-10(11)2/h5-8H,4,9H2,1-3H3,(H,15,18). The van der Waals surface area contributed by atoms with Gasteiger partial charge >= 0.3 is 0 Å². The number of rotatable bonds is 4. The minimum Gasteiger partial charge on any atom is -0.340 e. The first-order valence-corrected chi connectivity index (χ1v) is 6.45. The highest BCUT2D eigenvalue weighted by molar-refractivity contribution is 7.71. The van der Waals surface area contributed by atoms with Crippen LogP contribution in [0.2, 0.25) is 0 Å². The third-order valence-electron chi connectivity index (χ3n) is 3.06. The predicted octanol–water partition coefficient (Wildman–Crippen LogP) is 2.91. The highest BCUT2D eigenvalue weighted by Gasteiger charge is 2.10. The Bertz CT molecular complexity index is 585. The van der Waals surface area contributed by atoms with E-state index in [1.807, 2.05) is 11.6 Å². The van der Waals surface area contributed by atoms with Gasteiger partial charge in [-0.1, -0.05) is 24.3 Å². The molecule has 0 radical (unpaired) electrons. The zero-order valence-corrected chi connectivity index (χ0v) is 11.8. The lowest BCUT2D eigenvalue weighted by Gasteiger charge is -2.19. The Morgan fingerprint density at radius 1 is 1.39 bits per heavy atom. The number of nitrogens with one attached hydrogen (secondary N) is 1. The van der Waals surface area contributed by atoms with Crippen LogP contribution < -0.4 is 4.90 Å². The number of hydrogen-bond donors (Lipinski definition) is 1. The summed E-state index contributed by atoms with van der Waals surface area (Å²) in [6, 6.07) is 8.39. The molecule has 0 bridgehead atoms. The van der Waals surface area contributed by atoms with Gasteiger partial charge in [-0.15, -0.1) is 5.10 Å². The molecule has 0 fully saturated rings. The van der Waals surface area contributed by atoms with Crippen LogP contribution in [0.1, 0.15) is 18.1 Å². The Kier molecular flexibility index (Phi) is 3.81. The number of aromatic amines is 1. The Morgan fingerprint density at radius 3 is 2.78 bits per heavy atom. The van der Waals surface area contributed by atoms with Crippen molar-refractivity contribution in [1.29, 1.82) is 0 Å². The molecule has 2 rings (SSSR count). The van der Waals surface area contributed by atoms with Crippen molar-refractivity contribution in [2.75, 3.05) is 11.9 Å². The van der Waals surface area contributed by atoms with Crippen molar-refractivity contribution in [3.63, 3.8) is 0 Å². The molecule has 0 spiro atoms. The van der Waals surface area contributed by atoms with Crippen molar-refractivity contribution in [2.24, 2.45) is 0 Å². The van der Waals surface area contributed by atoms with Gasteiger partial charge in [0.25, 0.3) is 0 Å². The van der Waals surface area contributed by atoms with Crippen molar-refractivity contribution in [1.82, 2.24) is 14.8 Å². The molecule has 0 atom stereocenters. The molecular weight excluding hydrogens is 244 g/mol. The van der Waals surface area contributed by atoms with E-state index in [1.54, 1.807) is 0 Å². The van der Waals surface area contributed by atoms with Gasteiger partial charge in [-0.05, 0) is 37.2 Å². The van der Waals surface area contributed by atoms with E-state index < -0.39 is 0 Å². The smallest absolute Gasteiger partial charge is 0.225 e. The number of nitrogens with zero attached hydrogens (tertiary/aromatic N) is 3. The van der Waals surface area contributed by atoms with Gasteiger partial charge in [-0.3, -0.25) is 4.57 Å². The third-order valence-corrected chi connectivity index (χ3v) is 3.38. The van der Waals surface area contributed by atoms with Gasteiger partial charge in [0.2, 0.25) is 5.95 Å². The fraction of sp³-hybridized carbons (Fsp3) is 0.385. The molecule has 0 aliphatic heterocycles. The van der Waals surface area contributed by atoms with E-state index >= 15 is 0 Å². The first-order chi connectivity index (χ1) is 8.63. The fourth-order valence-corrected chi connectivity index (χ4v) is 2.26. The van der Waals surface area contributed by atoms with Crippen LogP contribution in [-0.4, -0.2) is 21.8 Å². The van der Waals surface area contributed by atoms with Crippen LogP contribution in [0.15, 0.2) is 24.3 Å². The lowest BCUT2D eigenvalue weighted by atomic mass is 10.1. The lowest BCUT2D eigenvalue weighted by molar-refractivity contribution is 0.716. The average molecular weight is 262 g/mol. The quantitative estimate of drug-likeness (QED) is 0.861. The number of aryl methyl sites for hydroxylation is 1. The Balaban J connectivity index is 2.25. The largest absolute Gasteiger partial charge is 0.340 e. The van der Waals surface area contributed by atoms with Gasteiger partial charge in [0, 0.05) is 20.1 Å². The number of H-pyrrole nitrogens is 1. The Hall–Kier alpha value is -1.62. The normalized spacial score (nSPS) is 10.6. The Labute approximate surface area is 112 Å². The highest BCUT2D eigenvalue weighted by Crippen LogP contribution is 2.15. The van der Waals surface area contributed by atoms with Crippen LogP contribution >= 0.6 is 12.2 Å². The molecule has 1 N–H and O–H groups in total. The van der Waals surface area contributed by atoms with Crippen molar-refractivity contribution in [3.05, 3.63) is 40.2 Å². The maximum Gasteiger partial charge on any atom is 0.225 e. The number of benzene rings is 1. The van der Waals surface area contributed by atoms with Crippen LogP contribution in [0.4, 0.5) is 5.95 Å². The second-order valence-electron chi connectivity index (χ2n) is 4.36. The van der Waals surface area contributed by atoms with Gasteiger partial charge in [-0.25, -0.2) is 5.10 Å². The van der Waals surface area contributed by atoms with E-state index in [9.17, 15) is 0 Å². The molecule has 4 nitrogen and oxygen atoms in total. The molecule has 0 saturated heterocycles. The zero-order valence-electron chi connectivity index (χ0n) is 11.0. The molecule has 1 heterocycles. The molecule has 0 saturated carbocycles. The molecule has 5 heteroatoms. The monoisotopic (exact) mass is 262 g/mol. The summed E-state index contributed by atoms with van der Waals surface area (Å²) in [5.74, 6) is 0.880. The van der Waals surface area contributed by atoms with E-state index in [0.29, 0.717) is 4.77 Å². The summed E-state index contributed by atoms with van der Waals surface area (Å²) in [7, 11) is 2.03. The number of hydrogen-bond acceptors (Lipinski definition) is 3. The molecule has 0 aliphatic rings. The summed E-state index contributed by atoms with van der Waals surface area (Å²) in [4.78, 5) is 2.11. The maximum absolute atomic E-state index is 5.20. The van der Waals surface area contributed by atoms with Gasteiger partial charge < -0.3 is 4.90 Å². The van der Waals surface area contributed by atoms with Gasteiger partial charge in [0.1, 0.15) is 0 Å². The summed E-state index contributed by atoms with van der Waals surface area (Å²) >= 11 is 5.20. The topological polar surface area (TPSA) is 36.9 Å². The van der Waals surface area contributed by atoms with E-state index in [2.05, 4.69) is 53.2 Å². The van der Waals surface area contributed by atoms with Crippen LogP contribution in [-0.2, 0) is 13.1 Å². The van der Waals surface area contributed by atoms with Gasteiger partial charge in [0.15, 0.2) is 4.77 Å². The van der Waals surface area contributed by atoms with Crippen molar-refractivity contribution in [3.8, 4) is 0 Å². The highest BCUT2D eigenvalue weighted by atomic mass is 32.1. The van der Waals surface area contributed by atoms with Gasteiger partial charge in [0.05, 0.1) is 0 Å². The maximum atomic E-state index is 5.20. The van der Waals surface area contributed by atoms with Gasteiger partial charge in [-0.2, -0.15) is 0 Å². The summed E-state index contributed by atoms with van der Waals surface area (Å²) in [5, 5.41) is 7.13. The van der Waals surface area contributed by atoms with Crippen molar-refractivity contribution < 1.29 is 0 Å². The number of anilines is 1. The van der Waals surface area contributed by atoms with E-state index in [1.165, 1.54) is 11.1 Å². The molecule has 2 aromatic rings. The van der Waals surface area contributed by atoms with Crippen LogP contribution in [0, 0.1) is 11.7 Å². The molecular formula is C13H18N4S. The molecule has 0 aliphatic carbocycles.